The van der Waals surface area contributed by atoms with Gasteiger partial charge in [0.1, 0.15) is 5.75 Å². The zero-order valence-electron chi connectivity index (χ0n) is 13.8. The van der Waals surface area contributed by atoms with Crippen LogP contribution in [-0.2, 0) is 4.79 Å². The molecule has 3 aromatic carbocycles. The molecule has 0 atom stereocenters. The summed E-state index contributed by atoms with van der Waals surface area (Å²) >= 11 is 0. The number of phenolic OH excluding ortho intramolecular Hbond substituents is 1. The molecule has 0 fully saturated rings. The van der Waals surface area contributed by atoms with Crippen LogP contribution in [0.3, 0.4) is 0 Å². The quantitative estimate of drug-likeness (QED) is 0.489. The molecule has 3 aromatic rings. The highest BCUT2D eigenvalue weighted by molar-refractivity contribution is 6.02. The van der Waals surface area contributed by atoms with E-state index >= 15 is 0 Å². The summed E-state index contributed by atoms with van der Waals surface area (Å²) in [6.07, 6.45) is 1.38. The highest BCUT2D eigenvalue weighted by Crippen LogP contribution is 2.25. The maximum absolute atomic E-state index is 11.9. The minimum absolute atomic E-state index is 0.0686. The summed E-state index contributed by atoms with van der Waals surface area (Å²) in [5.41, 5.74) is 3.32. The third-order valence-corrected chi connectivity index (χ3v) is 3.78. The lowest BCUT2D eigenvalue weighted by Crippen LogP contribution is -2.34. The van der Waals surface area contributed by atoms with Crippen molar-refractivity contribution < 1.29 is 14.7 Å². The fourth-order valence-corrected chi connectivity index (χ4v) is 2.48. The summed E-state index contributed by atoms with van der Waals surface area (Å²) in [5.74, 6) is -0.735. The van der Waals surface area contributed by atoms with Crippen LogP contribution in [-0.4, -0.2) is 29.7 Å². The number of rotatable bonds is 5. The van der Waals surface area contributed by atoms with Gasteiger partial charge in [-0.05, 0) is 29.0 Å². The third kappa shape index (κ3) is 4.05. The van der Waals surface area contributed by atoms with Crippen molar-refractivity contribution in [3.8, 4) is 5.75 Å². The number of aromatic hydroxyl groups is 1. The molecule has 130 valence electrons. The van der Waals surface area contributed by atoms with Crippen LogP contribution in [0.5, 0.6) is 5.75 Å². The zero-order valence-corrected chi connectivity index (χ0v) is 13.8. The normalized spacial score (nSPS) is 10.8. The van der Waals surface area contributed by atoms with Gasteiger partial charge < -0.3 is 10.4 Å². The van der Waals surface area contributed by atoms with E-state index in [1.54, 1.807) is 42.5 Å². The minimum Gasteiger partial charge on any atom is -0.507 e. The maximum atomic E-state index is 11.9. The third-order valence-electron chi connectivity index (χ3n) is 3.78. The Labute approximate surface area is 150 Å². The first-order valence-electron chi connectivity index (χ1n) is 8.01. The fourth-order valence-electron chi connectivity index (χ4n) is 2.48. The van der Waals surface area contributed by atoms with Gasteiger partial charge in [-0.3, -0.25) is 9.59 Å². The van der Waals surface area contributed by atoms with Crippen LogP contribution in [0.15, 0.2) is 71.8 Å². The SMILES string of the molecule is O=C(CNC(=O)c1ccccc1)NN=Cc1c(O)ccc2ccccc12. The van der Waals surface area contributed by atoms with E-state index in [9.17, 15) is 14.7 Å². The van der Waals surface area contributed by atoms with E-state index in [-0.39, 0.29) is 18.2 Å². The predicted molar refractivity (Wildman–Crippen MR) is 100 cm³/mol. The van der Waals surface area contributed by atoms with Crippen molar-refractivity contribution in [2.45, 2.75) is 0 Å². The van der Waals surface area contributed by atoms with E-state index < -0.39 is 5.91 Å². The van der Waals surface area contributed by atoms with Crippen LogP contribution in [0.1, 0.15) is 15.9 Å². The van der Waals surface area contributed by atoms with Crippen LogP contribution in [0.25, 0.3) is 10.8 Å². The van der Waals surface area contributed by atoms with Gasteiger partial charge in [-0.1, -0.05) is 48.5 Å². The van der Waals surface area contributed by atoms with E-state index in [0.717, 1.165) is 10.8 Å². The first-order valence-corrected chi connectivity index (χ1v) is 8.01. The molecule has 2 amide bonds. The average Bonchev–Trinajstić information content (AvgIpc) is 2.68. The number of hydrazone groups is 1. The minimum atomic E-state index is -0.467. The Morgan fingerprint density at radius 1 is 0.962 bits per heavy atom. The average molecular weight is 347 g/mol. The summed E-state index contributed by atoms with van der Waals surface area (Å²) in [6, 6.07) is 19.5. The number of carbonyl (C=O) groups excluding carboxylic acids is 2. The molecule has 26 heavy (non-hydrogen) atoms. The van der Waals surface area contributed by atoms with Gasteiger partial charge in [0.2, 0.25) is 0 Å². The largest absolute Gasteiger partial charge is 0.507 e. The van der Waals surface area contributed by atoms with Gasteiger partial charge in [-0.2, -0.15) is 5.10 Å². The Balaban J connectivity index is 1.60. The molecular weight excluding hydrogens is 330 g/mol. The van der Waals surface area contributed by atoms with Crippen molar-refractivity contribution in [3.63, 3.8) is 0 Å². The molecule has 3 rings (SSSR count). The Morgan fingerprint density at radius 3 is 2.50 bits per heavy atom. The van der Waals surface area contributed by atoms with E-state index in [4.69, 9.17) is 0 Å². The molecule has 0 aliphatic heterocycles. The molecule has 6 heteroatoms. The Kier molecular flexibility index (Phi) is 5.24. The topological polar surface area (TPSA) is 90.8 Å². The van der Waals surface area contributed by atoms with Crippen molar-refractivity contribution in [1.82, 2.24) is 10.7 Å². The van der Waals surface area contributed by atoms with Gasteiger partial charge in [-0.25, -0.2) is 5.43 Å². The Hall–Kier alpha value is -3.67. The molecule has 0 unspecified atom stereocenters. The zero-order chi connectivity index (χ0) is 18.4. The number of benzene rings is 3. The molecule has 0 aliphatic carbocycles. The summed E-state index contributed by atoms with van der Waals surface area (Å²) in [4.78, 5) is 23.7. The Bertz CT molecular complexity index is 968. The molecule has 0 heterocycles. The number of nitrogens with one attached hydrogen (secondary N) is 2. The summed E-state index contributed by atoms with van der Waals surface area (Å²) in [6.45, 7) is -0.202. The highest BCUT2D eigenvalue weighted by Gasteiger charge is 2.07. The van der Waals surface area contributed by atoms with Crippen LogP contribution in [0, 0.1) is 0 Å². The smallest absolute Gasteiger partial charge is 0.259 e. The second-order valence-electron chi connectivity index (χ2n) is 5.56. The van der Waals surface area contributed by atoms with Gasteiger partial charge in [0.25, 0.3) is 11.8 Å². The van der Waals surface area contributed by atoms with Crippen molar-refractivity contribution in [2.75, 3.05) is 6.54 Å². The van der Waals surface area contributed by atoms with E-state index in [1.165, 1.54) is 6.21 Å². The summed E-state index contributed by atoms with van der Waals surface area (Å²) in [7, 11) is 0. The molecule has 6 nitrogen and oxygen atoms in total. The molecule has 0 bridgehead atoms. The van der Waals surface area contributed by atoms with Gasteiger partial charge >= 0.3 is 0 Å². The predicted octanol–water partition coefficient (Wildman–Crippen LogP) is 2.43. The number of fused-ring (bicyclic) bond motifs is 1. The number of nitrogens with zero attached hydrogens (tertiary/aromatic N) is 1. The second kappa shape index (κ2) is 7.94. The molecule has 0 aromatic heterocycles. The van der Waals surface area contributed by atoms with Gasteiger partial charge in [0.05, 0.1) is 12.8 Å². The first kappa shape index (κ1) is 17.2. The number of hydrogen-bond donors (Lipinski definition) is 3. The Morgan fingerprint density at radius 2 is 1.69 bits per heavy atom. The van der Waals surface area contributed by atoms with E-state index in [1.807, 2.05) is 24.3 Å². The monoisotopic (exact) mass is 347 g/mol. The molecule has 0 spiro atoms. The lowest BCUT2D eigenvalue weighted by molar-refractivity contribution is -0.120. The van der Waals surface area contributed by atoms with Crippen molar-refractivity contribution in [1.29, 1.82) is 0 Å². The number of carbonyl (C=O) groups is 2. The molecule has 0 saturated carbocycles. The van der Waals surface area contributed by atoms with Crippen molar-refractivity contribution >= 4 is 28.8 Å². The summed E-state index contributed by atoms with van der Waals surface area (Å²) in [5, 5.41) is 18.2. The molecule has 0 aliphatic rings. The number of phenols is 1. The van der Waals surface area contributed by atoms with Crippen LogP contribution >= 0.6 is 0 Å². The van der Waals surface area contributed by atoms with Gasteiger partial charge in [0, 0.05) is 11.1 Å². The van der Waals surface area contributed by atoms with E-state index in [2.05, 4.69) is 15.8 Å². The first-order chi connectivity index (χ1) is 12.6. The highest BCUT2D eigenvalue weighted by atomic mass is 16.3. The van der Waals surface area contributed by atoms with Gasteiger partial charge in [0.15, 0.2) is 0 Å². The second-order valence-corrected chi connectivity index (χ2v) is 5.56. The van der Waals surface area contributed by atoms with Crippen LogP contribution < -0.4 is 10.7 Å². The number of amides is 2. The lowest BCUT2D eigenvalue weighted by atomic mass is 10.0. The lowest BCUT2D eigenvalue weighted by Gasteiger charge is -2.05. The molecular formula is C20H17N3O3. The van der Waals surface area contributed by atoms with Crippen LogP contribution in [0.4, 0.5) is 0 Å². The number of hydrogen-bond acceptors (Lipinski definition) is 4. The summed E-state index contributed by atoms with van der Waals surface area (Å²) < 4.78 is 0. The maximum Gasteiger partial charge on any atom is 0.259 e. The van der Waals surface area contributed by atoms with Crippen molar-refractivity contribution in [2.24, 2.45) is 5.10 Å². The standard InChI is InChI=1S/C20H17N3O3/c24-18-11-10-14-6-4-5-9-16(14)17(18)12-22-23-19(25)13-21-20(26)15-7-2-1-3-8-15/h1-12,24H,13H2,(H,21,26)(H,23,25). The van der Waals surface area contributed by atoms with Crippen molar-refractivity contribution in [3.05, 3.63) is 77.9 Å². The molecule has 0 saturated heterocycles. The molecule has 3 N–H and O–H groups in total. The van der Waals surface area contributed by atoms with E-state index in [0.29, 0.717) is 11.1 Å². The van der Waals surface area contributed by atoms with Crippen LogP contribution in [0.2, 0.25) is 0 Å². The fraction of sp³-hybridized carbons (Fsp3) is 0.0500. The molecule has 0 radical (unpaired) electrons. The van der Waals surface area contributed by atoms with Gasteiger partial charge in [-0.15, -0.1) is 0 Å².